The number of fused-ring (bicyclic) bond motifs is 1. The van der Waals surface area contributed by atoms with Gasteiger partial charge in [-0.1, -0.05) is 60.7 Å². The molecular formula is C30H32N6O2. The number of amides is 1. The molecule has 4 N–H and O–H groups in total. The molecule has 0 radical (unpaired) electrons. The van der Waals surface area contributed by atoms with Crippen LogP contribution in [0.4, 0.5) is 0 Å². The standard InChI is InChI=1S/C30H32N6O2/c1-20(37)33-28(16-21-8-4-3-5-9-21)30-35-34-29(36(30)19-22-12-14-24(38-2)15-13-22)26(31)17-23-18-32-27-11-7-6-10-25(23)27/h3-15,18,26,28,32H,16-17,19,31H2,1-2H3,(H,33,37)/t26-,28-/m1/s1. The third kappa shape index (κ3) is 5.60. The number of aromatic amines is 1. The molecule has 2 aromatic heterocycles. The summed E-state index contributed by atoms with van der Waals surface area (Å²) in [6.07, 6.45) is 3.18. The highest BCUT2D eigenvalue weighted by Gasteiger charge is 2.26. The van der Waals surface area contributed by atoms with Gasteiger partial charge in [0, 0.05) is 24.0 Å². The van der Waals surface area contributed by atoms with Crippen molar-refractivity contribution in [2.24, 2.45) is 5.73 Å². The van der Waals surface area contributed by atoms with Crippen molar-refractivity contribution in [3.63, 3.8) is 0 Å². The first-order valence-electron chi connectivity index (χ1n) is 12.7. The van der Waals surface area contributed by atoms with Gasteiger partial charge in [-0.05, 0) is 47.7 Å². The zero-order chi connectivity index (χ0) is 26.5. The fourth-order valence-electron chi connectivity index (χ4n) is 4.87. The molecule has 0 aliphatic heterocycles. The number of ether oxygens (including phenoxy) is 1. The van der Waals surface area contributed by atoms with Crippen LogP contribution in [-0.2, 0) is 24.2 Å². The first-order valence-corrected chi connectivity index (χ1v) is 12.7. The number of nitrogens with zero attached hydrogens (tertiary/aromatic N) is 3. The Morgan fingerprint density at radius 3 is 2.39 bits per heavy atom. The Hall–Kier alpha value is -4.43. The number of hydrogen-bond acceptors (Lipinski definition) is 5. The van der Waals surface area contributed by atoms with E-state index in [1.165, 1.54) is 6.92 Å². The summed E-state index contributed by atoms with van der Waals surface area (Å²) in [5.74, 6) is 2.00. The van der Waals surface area contributed by atoms with E-state index >= 15 is 0 Å². The number of carbonyl (C=O) groups excluding carboxylic acids is 1. The largest absolute Gasteiger partial charge is 0.497 e. The van der Waals surface area contributed by atoms with Crippen molar-refractivity contribution in [2.75, 3.05) is 7.11 Å². The summed E-state index contributed by atoms with van der Waals surface area (Å²) >= 11 is 0. The van der Waals surface area contributed by atoms with E-state index in [2.05, 4.69) is 32.6 Å². The second kappa shape index (κ2) is 11.3. The Kier molecular flexibility index (Phi) is 7.51. The van der Waals surface area contributed by atoms with E-state index in [-0.39, 0.29) is 11.9 Å². The normalized spacial score (nSPS) is 12.8. The molecule has 5 rings (SSSR count). The van der Waals surface area contributed by atoms with Crippen LogP contribution in [0, 0.1) is 0 Å². The highest BCUT2D eigenvalue weighted by Crippen LogP contribution is 2.26. The maximum Gasteiger partial charge on any atom is 0.217 e. The summed E-state index contributed by atoms with van der Waals surface area (Å²) in [6, 6.07) is 25.4. The SMILES string of the molecule is COc1ccc(Cn2c([C@H](N)Cc3c[nH]c4ccccc34)nnc2[C@@H](Cc2ccccc2)NC(C)=O)cc1. The van der Waals surface area contributed by atoms with Crippen LogP contribution in [0.3, 0.4) is 0 Å². The number of hydrogen-bond donors (Lipinski definition) is 3. The van der Waals surface area contributed by atoms with Gasteiger partial charge < -0.3 is 25.3 Å². The molecule has 194 valence electrons. The predicted molar refractivity (Wildman–Crippen MR) is 148 cm³/mol. The van der Waals surface area contributed by atoms with Crippen molar-refractivity contribution in [3.05, 3.63) is 113 Å². The molecule has 0 aliphatic rings. The Balaban J connectivity index is 1.52. The molecule has 0 bridgehead atoms. The van der Waals surface area contributed by atoms with E-state index in [0.717, 1.165) is 33.3 Å². The third-order valence-corrected chi connectivity index (χ3v) is 6.73. The number of nitrogens with two attached hydrogens (primary N) is 1. The van der Waals surface area contributed by atoms with Crippen LogP contribution in [0.1, 0.15) is 47.3 Å². The minimum absolute atomic E-state index is 0.130. The van der Waals surface area contributed by atoms with Crippen molar-refractivity contribution in [1.29, 1.82) is 0 Å². The zero-order valence-electron chi connectivity index (χ0n) is 21.6. The van der Waals surface area contributed by atoms with Crippen LogP contribution in [0.2, 0.25) is 0 Å². The number of aromatic nitrogens is 4. The molecule has 0 unspecified atom stereocenters. The lowest BCUT2D eigenvalue weighted by atomic mass is 10.0. The van der Waals surface area contributed by atoms with Crippen molar-refractivity contribution < 1.29 is 9.53 Å². The summed E-state index contributed by atoms with van der Waals surface area (Å²) in [4.78, 5) is 15.5. The minimum atomic E-state index is -0.400. The van der Waals surface area contributed by atoms with Gasteiger partial charge in [-0.25, -0.2) is 0 Å². The van der Waals surface area contributed by atoms with E-state index in [1.807, 2.05) is 77.5 Å². The lowest BCUT2D eigenvalue weighted by Gasteiger charge is -2.21. The zero-order valence-corrected chi connectivity index (χ0v) is 21.6. The lowest BCUT2D eigenvalue weighted by Crippen LogP contribution is -2.31. The minimum Gasteiger partial charge on any atom is -0.497 e. The van der Waals surface area contributed by atoms with Gasteiger partial charge in [0.15, 0.2) is 11.6 Å². The molecule has 1 amide bonds. The van der Waals surface area contributed by atoms with Gasteiger partial charge in [-0.15, -0.1) is 10.2 Å². The molecule has 2 heterocycles. The molecule has 3 aromatic carbocycles. The topological polar surface area (TPSA) is 111 Å². The molecule has 38 heavy (non-hydrogen) atoms. The van der Waals surface area contributed by atoms with Gasteiger partial charge >= 0.3 is 0 Å². The third-order valence-electron chi connectivity index (χ3n) is 6.73. The smallest absolute Gasteiger partial charge is 0.217 e. The Morgan fingerprint density at radius 2 is 1.66 bits per heavy atom. The fourth-order valence-corrected chi connectivity index (χ4v) is 4.87. The molecule has 8 heteroatoms. The first-order chi connectivity index (χ1) is 18.5. The Morgan fingerprint density at radius 1 is 0.947 bits per heavy atom. The average molecular weight is 509 g/mol. The van der Waals surface area contributed by atoms with Crippen LogP contribution in [-0.4, -0.2) is 32.8 Å². The predicted octanol–water partition coefficient (Wildman–Crippen LogP) is 4.48. The second-order valence-corrected chi connectivity index (χ2v) is 9.46. The second-order valence-electron chi connectivity index (χ2n) is 9.46. The number of carbonyl (C=O) groups is 1. The summed E-state index contributed by atoms with van der Waals surface area (Å²) < 4.78 is 7.38. The number of rotatable bonds is 10. The van der Waals surface area contributed by atoms with Crippen LogP contribution in [0.5, 0.6) is 5.75 Å². The van der Waals surface area contributed by atoms with Gasteiger partial charge in [-0.2, -0.15) is 0 Å². The maximum atomic E-state index is 12.2. The molecule has 8 nitrogen and oxygen atoms in total. The van der Waals surface area contributed by atoms with E-state index in [9.17, 15) is 4.79 Å². The summed E-state index contributed by atoms with van der Waals surface area (Å²) in [5, 5.41) is 13.4. The highest BCUT2D eigenvalue weighted by molar-refractivity contribution is 5.83. The molecule has 0 fully saturated rings. The lowest BCUT2D eigenvalue weighted by molar-refractivity contribution is -0.119. The van der Waals surface area contributed by atoms with Gasteiger partial charge in [-0.3, -0.25) is 4.79 Å². The molecule has 0 saturated heterocycles. The monoisotopic (exact) mass is 508 g/mol. The molecule has 0 aliphatic carbocycles. The molecule has 0 spiro atoms. The number of para-hydroxylation sites is 1. The van der Waals surface area contributed by atoms with Crippen molar-refractivity contribution in [3.8, 4) is 5.75 Å². The van der Waals surface area contributed by atoms with Crippen molar-refractivity contribution in [2.45, 2.75) is 38.4 Å². The fraction of sp³-hybridized carbons (Fsp3) is 0.233. The Labute approximate surface area is 221 Å². The van der Waals surface area contributed by atoms with E-state index in [0.29, 0.717) is 31.0 Å². The molecular weight excluding hydrogens is 476 g/mol. The quantitative estimate of drug-likeness (QED) is 0.258. The van der Waals surface area contributed by atoms with Gasteiger partial charge in [0.1, 0.15) is 5.75 Å². The van der Waals surface area contributed by atoms with Crippen molar-refractivity contribution in [1.82, 2.24) is 25.1 Å². The van der Waals surface area contributed by atoms with Crippen LogP contribution >= 0.6 is 0 Å². The van der Waals surface area contributed by atoms with Crippen LogP contribution < -0.4 is 15.8 Å². The Bertz CT molecular complexity index is 1510. The van der Waals surface area contributed by atoms with E-state index < -0.39 is 6.04 Å². The maximum absolute atomic E-state index is 12.2. The number of benzene rings is 3. The summed E-state index contributed by atoms with van der Waals surface area (Å²) in [6.45, 7) is 2.03. The van der Waals surface area contributed by atoms with Gasteiger partial charge in [0.25, 0.3) is 0 Å². The molecule has 0 saturated carbocycles. The van der Waals surface area contributed by atoms with E-state index in [4.69, 9.17) is 10.5 Å². The van der Waals surface area contributed by atoms with Gasteiger partial charge in [0.2, 0.25) is 5.91 Å². The number of methoxy groups -OCH3 is 1. The molecule has 5 aromatic rings. The van der Waals surface area contributed by atoms with Crippen LogP contribution in [0.15, 0.2) is 85.1 Å². The highest BCUT2D eigenvalue weighted by atomic mass is 16.5. The summed E-state index contributed by atoms with van der Waals surface area (Å²) in [5.41, 5.74) is 11.1. The van der Waals surface area contributed by atoms with E-state index in [1.54, 1.807) is 7.11 Å². The summed E-state index contributed by atoms with van der Waals surface area (Å²) in [7, 11) is 1.65. The van der Waals surface area contributed by atoms with Crippen molar-refractivity contribution >= 4 is 16.8 Å². The first kappa shape index (κ1) is 25.2. The average Bonchev–Trinajstić information content (AvgIpc) is 3.53. The van der Waals surface area contributed by atoms with Crippen LogP contribution in [0.25, 0.3) is 10.9 Å². The molecule has 2 atom stereocenters. The van der Waals surface area contributed by atoms with Gasteiger partial charge in [0.05, 0.1) is 25.7 Å². The number of H-pyrrole nitrogens is 1. The number of nitrogens with one attached hydrogen (secondary N) is 2.